The average molecular weight is 398 g/mol. The highest BCUT2D eigenvalue weighted by atomic mass is 19.4. The molecule has 1 atom stereocenters. The van der Waals surface area contributed by atoms with Crippen molar-refractivity contribution in [3.63, 3.8) is 0 Å². The van der Waals surface area contributed by atoms with Crippen LogP contribution < -0.4 is 4.90 Å². The second-order valence-electron chi connectivity index (χ2n) is 8.22. The lowest BCUT2D eigenvalue weighted by Gasteiger charge is -2.38. The van der Waals surface area contributed by atoms with Crippen LogP contribution in [0.1, 0.15) is 31.2 Å². The van der Waals surface area contributed by atoms with E-state index in [1.54, 1.807) is 0 Å². The van der Waals surface area contributed by atoms with E-state index in [0.29, 0.717) is 24.8 Å². The molecule has 2 aliphatic rings. The van der Waals surface area contributed by atoms with E-state index in [1.165, 1.54) is 12.5 Å². The van der Waals surface area contributed by atoms with Gasteiger partial charge in [-0.25, -0.2) is 4.98 Å². The number of pyridine rings is 1. The first-order valence-electron chi connectivity index (χ1n) is 9.95. The second kappa shape index (κ2) is 8.68. The summed E-state index contributed by atoms with van der Waals surface area (Å²) in [5, 5.41) is 0. The third-order valence-electron chi connectivity index (χ3n) is 5.70. The van der Waals surface area contributed by atoms with Gasteiger partial charge < -0.3 is 14.7 Å². The van der Waals surface area contributed by atoms with Crippen LogP contribution in [0.4, 0.5) is 19.0 Å². The maximum atomic E-state index is 12.9. The Labute approximate surface area is 164 Å². The van der Waals surface area contributed by atoms with Crippen LogP contribution in [-0.2, 0) is 11.0 Å². The highest BCUT2D eigenvalue weighted by Crippen LogP contribution is 2.30. The van der Waals surface area contributed by atoms with Crippen LogP contribution >= 0.6 is 0 Å². The number of nitrogens with zero attached hydrogens (tertiary/aromatic N) is 4. The Balaban J connectivity index is 1.52. The Bertz CT molecular complexity index is 654. The summed E-state index contributed by atoms with van der Waals surface area (Å²) in [5.74, 6) is 1.32. The fraction of sp³-hybridized carbons (Fsp3) is 0.700. The van der Waals surface area contributed by atoms with E-state index in [0.717, 1.165) is 51.2 Å². The molecule has 28 heavy (non-hydrogen) atoms. The zero-order valence-corrected chi connectivity index (χ0v) is 16.6. The molecule has 2 fully saturated rings. The topological polar surface area (TPSA) is 39.7 Å². The molecule has 0 N–H and O–H groups in total. The molecule has 0 spiro atoms. The van der Waals surface area contributed by atoms with Crippen molar-refractivity contribution in [3.8, 4) is 0 Å². The van der Waals surface area contributed by atoms with Gasteiger partial charge in [0.05, 0.1) is 5.56 Å². The summed E-state index contributed by atoms with van der Waals surface area (Å²) in [7, 11) is 4.12. The van der Waals surface area contributed by atoms with E-state index in [9.17, 15) is 18.0 Å². The molecular weight excluding hydrogens is 369 g/mol. The lowest BCUT2D eigenvalue weighted by atomic mass is 9.92. The normalized spacial score (nSPS) is 22.0. The van der Waals surface area contributed by atoms with E-state index < -0.39 is 11.7 Å². The fourth-order valence-electron chi connectivity index (χ4n) is 4.29. The fourth-order valence-corrected chi connectivity index (χ4v) is 4.29. The molecule has 1 aromatic heterocycles. The van der Waals surface area contributed by atoms with Crippen LogP contribution in [0.25, 0.3) is 0 Å². The number of hydrogen-bond donors (Lipinski definition) is 0. The molecule has 1 amide bonds. The van der Waals surface area contributed by atoms with Crippen molar-refractivity contribution in [1.82, 2.24) is 14.8 Å². The largest absolute Gasteiger partial charge is 0.417 e. The first-order chi connectivity index (χ1) is 13.2. The van der Waals surface area contributed by atoms with Gasteiger partial charge in [0.15, 0.2) is 0 Å². The molecule has 2 aliphatic heterocycles. The number of carbonyl (C=O) groups is 1. The number of likely N-dealkylation sites (tertiary alicyclic amines) is 1. The van der Waals surface area contributed by atoms with Gasteiger partial charge in [-0.05, 0) is 57.8 Å². The van der Waals surface area contributed by atoms with E-state index in [-0.39, 0.29) is 11.8 Å². The summed E-state index contributed by atoms with van der Waals surface area (Å²) < 4.78 is 38.0. The van der Waals surface area contributed by atoms with E-state index in [4.69, 9.17) is 0 Å². The molecule has 3 rings (SSSR count). The molecule has 0 radical (unpaired) electrons. The van der Waals surface area contributed by atoms with E-state index in [1.807, 2.05) is 9.80 Å². The molecule has 0 unspecified atom stereocenters. The predicted molar refractivity (Wildman–Crippen MR) is 102 cm³/mol. The van der Waals surface area contributed by atoms with Gasteiger partial charge in [-0.15, -0.1) is 0 Å². The summed E-state index contributed by atoms with van der Waals surface area (Å²) in [4.78, 5) is 23.1. The Hall–Kier alpha value is -1.83. The summed E-state index contributed by atoms with van der Waals surface area (Å²) >= 11 is 0. The third-order valence-corrected chi connectivity index (χ3v) is 5.70. The van der Waals surface area contributed by atoms with Crippen molar-refractivity contribution in [2.75, 3.05) is 51.7 Å². The molecule has 8 heteroatoms. The Morgan fingerprint density at radius 2 is 1.89 bits per heavy atom. The summed E-state index contributed by atoms with van der Waals surface area (Å²) in [6.45, 7) is 3.95. The first-order valence-corrected chi connectivity index (χ1v) is 9.95. The smallest absolute Gasteiger partial charge is 0.357 e. The molecule has 0 aromatic carbocycles. The number of rotatable bonds is 4. The summed E-state index contributed by atoms with van der Waals surface area (Å²) in [5.41, 5.74) is -0.737. The molecule has 5 nitrogen and oxygen atoms in total. The van der Waals surface area contributed by atoms with Crippen molar-refractivity contribution in [2.45, 2.75) is 31.9 Å². The summed E-state index contributed by atoms with van der Waals surface area (Å²) in [6, 6.07) is 2.49. The quantitative estimate of drug-likeness (QED) is 0.781. The zero-order valence-electron chi connectivity index (χ0n) is 16.6. The van der Waals surface area contributed by atoms with Crippen molar-refractivity contribution < 1.29 is 18.0 Å². The van der Waals surface area contributed by atoms with Crippen LogP contribution in [0.15, 0.2) is 18.3 Å². The Kier molecular flexibility index (Phi) is 6.47. The maximum Gasteiger partial charge on any atom is 0.417 e. The zero-order chi connectivity index (χ0) is 20.3. The predicted octanol–water partition coefficient (Wildman–Crippen LogP) is 3.12. The number of hydrogen-bond acceptors (Lipinski definition) is 4. The minimum Gasteiger partial charge on any atom is -0.357 e. The van der Waals surface area contributed by atoms with Crippen LogP contribution in [0.3, 0.4) is 0 Å². The van der Waals surface area contributed by atoms with Crippen LogP contribution in [0, 0.1) is 11.8 Å². The van der Waals surface area contributed by atoms with Crippen molar-refractivity contribution >= 4 is 11.7 Å². The van der Waals surface area contributed by atoms with Gasteiger partial charge in [-0.1, -0.05) is 0 Å². The molecule has 0 aliphatic carbocycles. The second-order valence-corrected chi connectivity index (χ2v) is 8.22. The minimum absolute atomic E-state index is 0.00352. The highest BCUT2D eigenvalue weighted by Gasteiger charge is 2.33. The van der Waals surface area contributed by atoms with E-state index in [2.05, 4.69) is 24.0 Å². The standard InChI is InChI=1S/C20H29F3N4O/c1-25(2)13-15-4-3-9-27(14-15)19(28)16-7-10-26(11-8-16)18-6-5-17(12-24-18)20(21,22)23/h5-6,12,15-16H,3-4,7-11,13-14H2,1-2H3/t15-/m1/s1. The monoisotopic (exact) mass is 398 g/mol. The first kappa shape index (κ1) is 20.9. The molecular formula is C20H29F3N4O. The van der Waals surface area contributed by atoms with Crippen molar-refractivity contribution in [1.29, 1.82) is 0 Å². The number of carbonyl (C=O) groups excluding carboxylic acids is 1. The number of alkyl halides is 3. The summed E-state index contributed by atoms with van der Waals surface area (Å²) in [6.07, 6.45) is 0.167. The molecule has 2 saturated heterocycles. The van der Waals surface area contributed by atoms with Gasteiger partial charge in [0.1, 0.15) is 5.82 Å². The van der Waals surface area contributed by atoms with Gasteiger partial charge in [0.25, 0.3) is 0 Å². The molecule has 0 bridgehead atoms. The molecule has 1 aromatic rings. The minimum atomic E-state index is -4.37. The van der Waals surface area contributed by atoms with Crippen molar-refractivity contribution in [2.24, 2.45) is 11.8 Å². The molecule has 3 heterocycles. The van der Waals surface area contributed by atoms with Gasteiger partial charge in [0, 0.05) is 44.8 Å². The SMILES string of the molecule is CN(C)C[C@H]1CCCN(C(=O)C2CCN(c3ccc(C(F)(F)F)cn3)CC2)C1. The lowest BCUT2D eigenvalue weighted by molar-refractivity contribution is -0.138. The van der Waals surface area contributed by atoms with Gasteiger partial charge in [-0.3, -0.25) is 4.79 Å². The molecule has 156 valence electrons. The highest BCUT2D eigenvalue weighted by molar-refractivity contribution is 5.79. The van der Waals surface area contributed by atoms with Gasteiger partial charge >= 0.3 is 6.18 Å². The van der Waals surface area contributed by atoms with Crippen LogP contribution in [0.2, 0.25) is 0 Å². The van der Waals surface area contributed by atoms with E-state index >= 15 is 0 Å². The van der Waals surface area contributed by atoms with Gasteiger partial charge in [0.2, 0.25) is 5.91 Å². The Morgan fingerprint density at radius 3 is 2.46 bits per heavy atom. The van der Waals surface area contributed by atoms with Crippen molar-refractivity contribution in [3.05, 3.63) is 23.9 Å². The Morgan fingerprint density at radius 1 is 1.18 bits per heavy atom. The molecule has 0 saturated carbocycles. The number of anilines is 1. The number of halogens is 3. The van der Waals surface area contributed by atoms with Gasteiger partial charge in [-0.2, -0.15) is 13.2 Å². The third kappa shape index (κ3) is 5.16. The average Bonchev–Trinajstić information content (AvgIpc) is 2.67. The lowest BCUT2D eigenvalue weighted by Crippen LogP contribution is -2.47. The number of piperidine rings is 2. The van der Waals surface area contributed by atoms with Crippen LogP contribution in [0.5, 0.6) is 0 Å². The number of amides is 1. The van der Waals surface area contributed by atoms with Crippen LogP contribution in [-0.4, -0.2) is 67.5 Å². The maximum absolute atomic E-state index is 12.9. The number of aromatic nitrogens is 1.